The van der Waals surface area contributed by atoms with E-state index in [4.69, 9.17) is 9.05 Å². The zero-order valence-corrected chi connectivity index (χ0v) is 58.8. The molecule has 9 heteroatoms. The van der Waals surface area contributed by atoms with Crippen molar-refractivity contribution in [2.45, 2.75) is 405 Å². The molecule has 0 aliphatic heterocycles. The molecule has 0 aromatic rings. The number of aliphatic hydroxyl groups excluding tert-OH is 1. The van der Waals surface area contributed by atoms with Crippen LogP contribution in [0.15, 0.2) is 36.5 Å². The van der Waals surface area contributed by atoms with Crippen LogP contribution in [0.1, 0.15) is 393 Å². The number of nitrogens with zero attached hydrogens (tertiary/aromatic N) is 1. The fourth-order valence-corrected chi connectivity index (χ4v) is 12.5. The Morgan fingerprint density at radius 3 is 0.965 bits per heavy atom. The van der Waals surface area contributed by atoms with Crippen molar-refractivity contribution < 1.29 is 32.9 Å². The molecule has 3 atom stereocenters. The molecule has 85 heavy (non-hydrogen) atoms. The number of likely N-dealkylation sites (N-methyl/N-ethyl adjacent to an activating group) is 1. The van der Waals surface area contributed by atoms with Crippen molar-refractivity contribution in [3.05, 3.63) is 36.5 Å². The van der Waals surface area contributed by atoms with Gasteiger partial charge in [0.05, 0.1) is 39.9 Å². The van der Waals surface area contributed by atoms with Gasteiger partial charge in [0.15, 0.2) is 0 Å². The average molecular weight is 1220 g/mol. The van der Waals surface area contributed by atoms with Gasteiger partial charge in [-0.15, -0.1) is 0 Å². The van der Waals surface area contributed by atoms with Crippen molar-refractivity contribution in [2.75, 3.05) is 40.9 Å². The summed E-state index contributed by atoms with van der Waals surface area (Å²) in [6, 6.07) is -0.847. The molecule has 0 saturated heterocycles. The summed E-state index contributed by atoms with van der Waals surface area (Å²) in [6.45, 7) is 4.87. The lowest BCUT2D eigenvalue weighted by Crippen LogP contribution is -2.45. The Labute approximate surface area is 531 Å². The molecule has 3 N–H and O–H groups in total. The topological polar surface area (TPSA) is 105 Å². The van der Waals surface area contributed by atoms with Crippen LogP contribution in [-0.2, 0) is 18.4 Å². The number of hydrogen-bond donors (Lipinski definition) is 3. The second kappa shape index (κ2) is 67.1. The number of quaternary nitrogens is 1. The third kappa shape index (κ3) is 70.0. The minimum atomic E-state index is -4.35. The Hall–Kier alpha value is -1.28. The summed E-state index contributed by atoms with van der Waals surface area (Å²) in [5.74, 6) is -0.169. The molecule has 0 fully saturated rings. The van der Waals surface area contributed by atoms with E-state index in [1.54, 1.807) is 6.08 Å². The van der Waals surface area contributed by atoms with E-state index in [-0.39, 0.29) is 19.1 Å². The molecule has 0 aliphatic rings. The van der Waals surface area contributed by atoms with Gasteiger partial charge in [-0.3, -0.25) is 13.8 Å². The predicted molar refractivity (Wildman–Crippen MR) is 374 cm³/mol. The van der Waals surface area contributed by atoms with Gasteiger partial charge in [0.25, 0.3) is 0 Å². The summed E-state index contributed by atoms with van der Waals surface area (Å²) in [4.78, 5) is 23.5. The molecule has 0 rings (SSSR count). The van der Waals surface area contributed by atoms with Crippen molar-refractivity contribution in [1.82, 2.24) is 5.32 Å². The molecule has 0 aromatic carbocycles. The third-order valence-corrected chi connectivity index (χ3v) is 18.6. The van der Waals surface area contributed by atoms with Crippen LogP contribution in [0.3, 0.4) is 0 Å². The predicted octanol–water partition coefficient (Wildman–Crippen LogP) is 24.4. The number of unbranched alkanes of at least 4 members (excludes halogenated alkanes) is 54. The van der Waals surface area contributed by atoms with E-state index < -0.39 is 20.0 Å². The number of hydrogen-bond acceptors (Lipinski definition) is 5. The summed E-state index contributed by atoms with van der Waals surface area (Å²) in [7, 11) is 1.59. The van der Waals surface area contributed by atoms with Gasteiger partial charge in [0.1, 0.15) is 13.2 Å². The molecular weight excluding hydrogens is 1070 g/mol. The summed E-state index contributed by atoms with van der Waals surface area (Å²) < 4.78 is 23.9. The number of phosphoric ester groups is 1. The van der Waals surface area contributed by atoms with Crippen molar-refractivity contribution in [3.63, 3.8) is 0 Å². The second-order valence-electron chi connectivity index (χ2n) is 27.4. The highest BCUT2D eigenvalue weighted by atomic mass is 31.2. The molecule has 0 radical (unpaired) electrons. The molecule has 504 valence electrons. The minimum Gasteiger partial charge on any atom is -0.387 e. The zero-order valence-electron chi connectivity index (χ0n) is 57.9. The lowest BCUT2D eigenvalue weighted by atomic mass is 10.0. The first-order valence-electron chi connectivity index (χ1n) is 37.9. The Morgan fingerprint density at radius 1 is 0.400 bits per heavy atom. The second-order valence-corrected chi connectivity index (χ2v) is 28.8. The van der Waals surface area contributed by atoms with E-state index in [0.717, 1.165) is 38.5 Å². The highest BCUT2D eigenvalue weighted by molar-refractivity contribution is 7.47. The molecule has 0 aromatic heterocycles. The molecule has 0 aliphatic carbocycles. The summed E-state index contributed by atoms with van der Waals surface area (Å²) in [5.41, 5.74) is 0. The van der Waals surface area contributed by atoms with Crippen LogP contribution in [0.2, 0.25) is 0 Å². The first-order chi connectivity index (χ1) is 41.5. The highest BCUT2D eigenvalue weighted by Gasteiger charge is 2.28. The molecule has 0 heterocycles. The SMILES string of the molecule is CCCCCCC/C=C\C/C=C\CCCCCCCCCCCCCCCCCCCCCC(=O)NC(COP(=O)(O)OCC[N+](C)(C)C)C(O)/C=C/CCCCCCCCCCCCCCCCCCCCCCCCCCCCCCCC. The molecule has 0 spiro atoms. The normalized spacial score (nSPS) is 13.7. The lowest BCUT2D eigenvalue weighted by molar-refractivity contribution is -0.870. The van der Waals surface area contributed by atoms with E-state index in [1.807, 2.05) is 27.2 Å². The van der Waals surface area contributed by atoms with Crippen molar-refractivity contribution in [3.8, 4) is 0 Å². The standard InChI is InChI=1S/C76H149N2O6P/c1-6-8-10-12-14-16-18-20-22-24-26-28-30-32-34-36-38-40-41-43-45-47-49-51-53-55-57-59-61-63-65-67-69-75(79)74(73-84-85(81,82)83-72-71-78(3,4)5)77-76(80)70-68-66-64-62-60-58-56-54-52-50-48-46-44-42-39-37-35-33-31-29-27-25-23-21-19-17-15-13-11-9-7-2/h19,21,25,27,67,69,74-75,79H,6-18,20,22-24,26,28-66,68,70-73H2,1-5H3,(H-,77,80,81,82)/p+1/b21-19-,27-25-,69-67+. The molecule has 8 nitrogen and oxygen atoms in total. The Bertz CT molecular complexity index is 1480. The monoisotopic (exact) mass is 1220 g/mol. The fourth-order valence-electron chi connectivity index (χ4n) is 11.7. The highest BCUT2D eigenvalue weighted by Crippen LogP contribution is 2.43. The fraction of sp³-hybridized carbons (Fsp3) is 0.908. The van der Waals surface area contributed by atoms with E-state index in [2.05, 4.69) is 43.5 Å². The molecular formula is C76H150N2O6P+. The van der Waals surface area contributed by atoms with Crippen LogP contribution < -0.4 is 5.32 Å². The number of rotatable bonds is 71. The van der Waals surface area contributed by atoms with Crippen molar-refractivity contribution >= 4 is 13.7 Å². The Balaban J connectivity index is 3.99. The average Bonchev–Trinajstić information content (AvgIpc) is 3.49. The molecule has 0 saturated carbocycles. The lowest BCUT2D eigenvalue weighted by Gasteiger charge is -2.25. The van der Waals surface area contributed by atoms with Crippen LogP contribution in [0.25, 0.3) is 0 Å². The maximum Gasteiger partial charge on any atom is 0.472 e. The first-order valence-corrected chi connectivity index (χ1v) is 39.4. The largest absolute Gasteiger partial charge is 0.472 e. The first kappa shape index (κ1) is 83.7. The number of nitrogens with one attached hydrogen (secondary N) is 1. The smallest absolute Gasteiger partial charge is 0.387 e. The van der Waals surface area contributed by atoms with Gasteiger partial charge in [-0.1, -0.05) is 371 Å². The van der Waals surface area contributed by atoms with Gasteiger partial charge in [0.2, 0.25) is 5.91 Å². The van der Waals surface area contributed by atoms with Crippen LogP contribution in [0, 0.1) is 0 Å². The number of carbonyl (C=O) groups is 1. The van der Waals surface area contributed by atoms with E-state index in [9.17, 15) is 19.4 Å². The summed E-state index contributed by atoms with van der Waals surface area (Å²) in [6.07, 6.45) is 90.3. The maximum atomic E-state index is 13.1. The zero-order chi connectivity index (χ0) is 61.9. The number of carbonyl (C=O) groups excluding carboxylic acids is 1. The van der Waals surface area contributed by atoms with Crippen LogP contribution in [0.5, 0.6) is 0 Å². The van der Waals surface area contributed by atoms with Gasteiger partial charge in [-0.25, -0.2) is 4.57 Å². The maximum absolute atomic E-state index is 13.1. The van der Waals surface area contributed by atoms with Gasteiger partial charge in [0, 0.05) is 6.42 Å². The van der Waals surface area contributed by atoms with Crippen LogP contribution in [-0.4, -0.2) is 73.4 Å². The van der Waals surface area contributed by atoms with Gasteiger partial charge >= 0.3 is 7.82 Å². The number of allylic oxidation sites excluding steroid dienone is 5. The van der Waals surface area contributed by atoms with Crippen LogP contribution >= 0.6 is 7.82 Å². The molecule has 0 bridgehead atoms. The summed E-state index contributed by atoms with van der Waals surface area (Å²) >= 11 is 0. The molecule has 1 amide bonds. The number of phosphoric acid groups is 1. The van der Waals surface area contributed by atoms with Crippen molar-refractivity contribution in [1.29, 1.82) is 0 Å². The van der Waals surface area contributed by atoms with Gasteiger partial charge in [-0.2, -0.15) is 0 Å². The van der Waals surface area contributed by atoms with Crippen LogP contribution in [0.4, 0.5) is 0 Å². The van der Waals surface area contributed by atoms with Gasteiger partial charge < -0.3 is 19.8 Å². The molecule has 3 unspecified atom stereocenters. The quantitative estimate of drug-likeness (QED) is 0.0243. The number of amides is 1. The van der Waals surface area contributed by atoms with Crippen molar-refractivity contribution in [2.24, 2.45) is 0 Å². The third-order valence-electron chi connectivity index (χ3n) is 17.6. The van der Waals surface area contributed by atoms with E-state index in [1.165, 1.54) is 334 Å². The van der Waals surface area contributed by atoms with E-state index >= 15 is 0 Å². The Morgan fingerprint density at radius 2 is 0.671 bits per heavy atom. The number of aliphatic hydroxyl groups is 1. The summed E-state index contributed by atoms with van der Waals surface area (Å²) in [5, 5.41) is 14.0. The van der Waals surface area contributed by atoms with E-state index in [0.29, 0.717) is 17.4 Å². The Kier molecular flexibility index (Phi) is 66.1. The minimum absolute atomic E-state index is 0.0637. The van der Waals surface area contributed by atoms with Gasteiger partial charge in [-0.05, 0) is 51.4 Å².